The minimum absolute atomic E-state index is 0. The molecule has 0 atom stereocenters. The molecule has 0 aliphatic rings. The molecular formula is C90H120MoO24. The number of phenols is 6. The number of aromatic carboxylic acids is 6. The van der Waals surface area contributed by atoms with Crippen molar-refractivity contribution in [1.29, 1.82) is 0 Å². The van der Waals surface area contributed by atoms with Crippen LogP contribution in [0, 0.1) is 0 Å². The number of carboxylic acids is 6. The summed E-state index contributed by atoms with van der Waals surface area (Å²) in [5.74, 6) is -12.4. The Labute approximate surface area is 692 Å². The maximum atomic E-state index is 12.2. The van der Waals surface area contributed by atoms with Crippen LogP contribution < -0.4 is 60.0 Å². The molecule has 0 bridgehead atoms. The minimum atomic E-state index is -1.57. The van der Waals surface area contributed by atoms with Gasteiger partial charge < -0.3 is 90.0 Å². The molecule has 6 aromatic rings. The van der Waals surface area contributed by atoms with E-state index in [1.807, 2.05) is 125 Å². The molecule has 6 aromatic carbocycles. The summed E-state index contributed by atoms with van der Waals surface area (Å²) in [6, 6.07) is 7.60. The fourth-order valence-corrected chi connectivity index (χ4v) is 13.2. The van der Waals surface area contributed by atoms with Crippen molar-refractivity contribution >= 4 is 35.8 Å². The van der Waals surface area contributed by atoms with Gasteiger partial charge in [-0.3, -0.25) is 29.3 Å². The average Bonchev–Trinajstić information content (AvgIpc) is 0.756. The molecule has 25 heteroatoms. The second kappa shape index (κ2) is 33.6. The fraction of sp³-hybridized carbons (Fsp3) is 0.533. The molecule has 0 aliphatic carbocycles. The summed E-state index contributed by atoms with van der Waals surface area (Å²) in [6.07, 6.45) is 0. The van der Waals surface area contributed by atoms with Gasteiger partial charge in [0.2, 0.25) is 0 Å². The molecule has 0 spiro atoms. The van der Waals surface area contributed by atoms with Crippen LogP contribution in [-0.4, -0.2) is 66.5 Å². The van der Waals surface area contributed by atoms with Crippen LogP contribution in [0.15, 0.2) is 36.4 Å². The Morgan fingerprint density at radius 2 is 0.287 bits per heavy atom. The molecule has 630 valence electrons. The largest absolute Gasteiger partial charge is 6.00 e. The van der Waals surface area contributed by atoms with Gasteiger partial charge in [-0.25, -0.2) is 0 Å². The van der Waals surface area contributed by atoms with E-state index in [9.17, 15) is 90.0 Å². The summed E-state index contributed by atoms with van der Waals surface area (Å²) in [5, 5.41) is 141. The SMILES string of the molecule is CC(C)(C)c1cc(C(=O)[O-])c(OOc2c(C(=O)[O-])cc(C(C)(C)C)c(O)c2C(C)(C)C)c(C(C)(C)C)c1O.CC(C)(C)c1cc(C(=O)[O-])c(OOc2c(C(=O)[O-])cc(C(C)(C)C)c(O)c2C(C)(C)C)c(C(C)(C)C)c1O.CC(C)(C)c1cc(C(=O)[O-])c(OOc2c(C(=O)[O-])cc(C(C)(C)C)c(O)c2C(C)(C)C)c(C(C)(C)C)c1O.[Mo+6]. The molecule has 0 fully saturated rings. The van der Waals surface area contributed by atoms with Crippen molar-refractivity contribution in [1.82, 2.24) is 0 Å². The summed E-state index contributed by atoms with van der Waals surface area (Å²) >= 11 is 0. The Kier molecular flexibility index (Phi) is 29.1. The third kappa shape index (κ3) is 22.3. The minimum Gasteiger partial charge on any atom is -0.545 e. The van der Waals surface area contributed by atoms with E-state index in [-0.39, 0.29) is 157 Å². The second-order valence-electron chi connectivity index (χ2n) is 41.4. The van der Waals surface area contributed by atoms with E-state index in [4.69, 9.17) is 29.3 Å². The first kappa shape index (κ1) is 99.6. The van der Waals surface area contributed by atoms with E-state index in [1.54, 1.807) is 125 Å². The van der Waals surface area contributed by atoms with E-state index in [0.717, 1.165) is 0 Å². The third-order valence-corrected chi connectivity index (χ3v) is 18.8. The van der Waals surface area contributed by atoms with Crippen LogP contribution in [0.25, 0.3) is 0 Å². The van der Waals surface area contributed by atoms with Gasteiger partial charge in [-0.15, -0.1) is 0 Å². The Balaban J connectivity index is 0.000000444. The Bertz CT molecular complexity index is 3960. The van der Waals surface area contributed by atoms with Crippen molar-refractivity contribution in [3.63, 3.8) is 0 Å². The predicted molar refractivity (Wildman–Crippen MR) is 423 cm³/mol. The van der Waals surface area contributed by atoms with Crippen LogP contribution in [0.2, 0.25) is 0 Å². The molecule has 0 saturated heterocycles. The maximum absolute atomic E-state index is 12.2. The number of phenolic OH excluding ortho intramolecular Hbond substituents is 6. The van der Waals surface area contributed by atoms with E-state index in [0.29, 0.717) is 33.4 Å². The third-order valence-electron chi connectivity index (χ3n) is 18.8. The van der Waals surface area contributed by atoms with Crippen molar-refractivity contribution in [2.45, 2.75) is 314 Å². The summed E-state index contributed by atoms with van der Waals surface area (Å²) in [5.41, 5.74) is -7.83. The Morgan fingerprint density at radius 1 is 0.200 bits per heavy atom. The normalized spacial score (nSPS) is 12.7. The smallest absolute Gasteiger partial charge is 0.545 e. The van der Waals surface area contributed by atoms with E-state index < -0.39 is 101 Å². The van der Waals surface area contributed by atoms with Crippen LogP contribution in [0.4, 0.5) is 0 Å². The van der Waals surface area contributed by atoms with Gasteiger partial charge in [0.05, 0.1) is 35.8 Å². The summed E-state index contributed by atoms with van der Waals surface area (Å²) in [4.78, 5) is 107. The molecule has 6 rings (SSSR count). The molecule has 0 radical (unpaired) electrons. The van der Waals surface area contributed by atoms with Crippen LogP contribution >= 0.6 is 0 Å². The second-order valence-corrected chi connectivity index (χ2v) is 41.4. The zero-order valence-corrected chi connectivity index (χ0v) is 75.9. The summed E-state index contributed by atoms with van der Waals surface area (Å²) in [7, 11) is 0. The fourth-order valence-electron chi connectivity index (χ4n) is 13.2. The molecule has 0 aliphatic heterocycles. The van der Waals surface area contributed by atoms with Crippen LogP contribution in [0.5, 0.6) is 69.0 Å². The van der Waals surface area contributed by atoms with E-state index in [1.165, 1.54) is 36.4 Å². The molecule has 0 amide bonds. The quantitative estimate of drug-likeness (QED) is 0.0316. The first-order valence-electron chi connectivity index (χ1n) is 37.5. The first-order valence-corrected chi connectivity index (χ1v) is 37.5. The number of carboxylic acid groups (broad SMARTS) is 6. The number of aromatic hydroxyl groups is 6. The van der Waals surface area contributed by atoms with Gasteiger partial charge in [0, 0.05) is 100 Å². The number of carbonyl (C=O) groups is 6. The molecule has 0 aromatic heterocycles. The average molecular weight is 1680 g/mol. The van der Waals surface area contributed by atoms with Gasteiger partial charge in [-0.2, -0.15) is 0 Å². The Hall–Kier alpha value is -9.57. The van der Waals surface area contributed by atoms with Crippen molar-refractivity contribution in [2.75, 3.05) is 0 Å². The number of hydrogen-bond donors (Lipinski definition) is 6. The molecule has 6 N–H and O–H groups in total. The zero-order valence-electron chi connectivity index (χ0n) is 73.9. The van der Waals surface area contributed by atoms with Gasteiger partial charge in [0.1, 0.15) is 34.5 Å². The van der Waals surface area contributed by atoms with Crippen LogP contribution in [0.3, 0.4) is 0 Å². The number of carbonyl (C=O) groups excluding carboxylic acids is 6. The molecular weight excluding hydrogens is 1560 g/mol. The monoisotopic (exact) mass is 1680 g/mol. The molecule has 0 unspecified atom stereocenters. The van der Waals surface area contributed by atoms with Crippen LogP contribution in [0.1, 0.15) is 378 Å². The van der Waals surface area contributed by atoms with Gasteiger partial charge in [0.15, 0.2) is 34.5 Å². The first-order chi connectivity index (χ1) is 50.7. The topological polar surface area (TPSA) is 418 Å². The summed E-state index contributed by atoms with van der Waals surface area (Å²) < 4.78 is 0. The van der Waals surface area contributed by atoms with Gasteiger partial charge in [-0.05, 0) is 101 Å². The van der Waals surface area contributed by atoms with Gasteiger partial charge in [0.25, 0.3) is 0 Å². The molecule has 24 nitrogen and oxygen atoms in total. The Morgan fingerprint density at radius 3 is 0.348 bits per heavy atom. The van der Waals surface area contributed by atoms with Crippen molar-refractivity contribution in [3.05, 3.63) is 137 Å². The van der Waals surface area contributed by atoms with E-state index >= 15 is 0 Å². The van der Waals surface area contributed by atoms with Crippen molar-refractivity contribution in [2.24, 2.45) is 0 Å². The molecule has 0 heterocycles. The van der Waals surface area contributed by atoms with Gasteiger partial charge >= 0.3 is 21.1 Å². The van der Waals surface area contributed by atoms with Crippen molar-refractivity contribution < 1.29 is 140 Å². The van der Waals surface area contributed by atoms with E-state index in [2.05, 4.69) is 0 Å². The summed E-state index contributed by atoms with van der Waals surface area (Å²) in [6.45, 7) is 64.6. The van der Waals surface area contributed by atoms with Gasteiger partial charge in [-0.1, -0.05) is 249 Å². The maximum Gasteiger partial charge on any atom is 6.00 e. The van der Waals surface area contributed by atoms with Crippen LogP contribution in [-0.2, 0) is 86.0 Å². The number of benzene rings is 6. The number of rotatable bonds is 15. The number of hydrogen-bond acceptors (Lipinski definition) is 24. The standard InChI is InChI=1S/3C30H42O8.Mo/c3*1-27(2,3)17-13-15(25(33)34)23(19(21(17)31)29(7,8)9)37-38-24-16(26(35)36)14-18(28(4,5)6)22(32)20(24)30(10,11)12;/h3*13-14,31-32H,1-12H3,(H,33,34)(H,35,36);/q;;;+6/p-6. The molecule has 0 saturated carbocycles. The van der Waals surface area contributed by atoms with Crippen molar-refractivity contribution in [3.8, 4) is 69.0 Å². The predicted octanol–water partition coefficient (Wildman–Crippen LogP) is 13.2. The zero-order chi connectivity index (χ0) is 89.3. The molecule has 115 heavy (non-hydrogen) atoms.